The molecule has 0 unspecified atom stereocenters. The van der Waals surface area contributed by atoms with Gasteiger partial charge >= 0.3 is 0 Å². The van der Waals surface area contributed by atoms with Crippen LogP contribution in [0.3, 0.4) is 0 Å². The molecule has 0 amide bonds. The summed E-state index contributed by atoms with van der Waals surface area (Å²) in [5.74, 6) is 0.572. The van der Waals surface area contributed by atoms with E-state index in [2.05, 4.69) is 10.3 Å². The molecule has 1 atom stereocenters. The molecule has 2 heterocycles. The SMILES string of the molecule is Cl.c1nc([C@H]2CCCNC2)co1. The highest BCUT2D eigenvalue weighted by Gasteiger charge is 2.16. The first-order valence-electron chi connectivity index (χ1n) is 4.05. The Balaban J connectivity index is 0.000000720. The third-order valence-electron chi connectivity index (χ3n) is 2.17. The zero-order chi connectivity index (χ0) is 7.52. The average Bonchev–Trinajstić information content (AvgIpc) is 2.58. The van der Waals surface area contributed by atoms with Crippen molar-refractivity contribution in [2.75, 3.05) is 13.1 Å². The summed E-state index contributed by atoms with van der Waals surface area (Å²) in [6, 6.07) is 0. The molecule has 1 aliphatic heterocycles. The highest BCUT2D eigenvalue weighted by Crippen LogP contribution is 2.20. The van der Waals surface area contributed by atoms with Gasteiger partial charge in [0.15, 0.2) is 6.39 Å². The highest BCUT2D eigenvalue weighted by atomic mass is 35.5. The molecule has 0 spiro atoms. The topological polar surface area (TPSA) is 38.1 Å². The lowest BCUT2D eigenvalue weighted by Gasteiger charge is -2.20. The summed E-state index contributed by atoms with van der Waals surface area (Å²) in [7, 11) is 0. The van der Waals surface area contributed by atoms with Crippen LogP contribution in [0.25, 0.3) is 0 Å². The van der Waals surface area contributed by atoms with E-state index in [1.165, 1.54) is 19.2 Å². The maximum atomic E-state index is 4.93. The molecule has 0 radical (unpaired) electrons. The number of hydrogen-bond donors (Lipinski definition) is 1. The first-order chi connectivity index (χ1) is 5.47. The minimum absolute atomic E-state index is 0. The lowest BCUT2D eigenvalue weighted by molar-refractivity contribution is 0.453. The van der Waals surface area contributed by atoms with Gasteiger partial charge < -0.3 is 9.73 Å². The zero-order valence-corrected chi connectivity index (χ0v) is 7.64. The lowest BCUT2D eigenvalue weighted by atomic mass is 9.97. The molecule has 1 aromatic rings. The van der Waals surface area contributed by atoms with Crippen molar-refractivity contribution >= 4 is 12.4 Å². The smallest absolute Gasteiger partial charge is 0.180 e. The largest absolute Gasteiger partial charge is 0.451 e. The first-order valence-corrected chi connectivity index (χ1v) is 4.05. The van der Waals surface area contributed by atoms with Gasteiger partial charge in [-0.1, -0.05) is 0 Å². The van der Waals surface area contributed by atoms with E-state index in [9.17, 15) is 0 Å². The average molecular weight is 189 g/mol. The van der Waals surface area contributed by atoms with E-state index >= 15 is 0 Å². The van der Waals surface area contributed by atoms with Crippen LogP contribution >= 0.6 is 12.4 Å². The number of piperidine rings is 1. The molecule has 0 aromatic carbocycles. The maximum Gasteiger partial charge on any atom is 0.180 e. The molecule has 4 heteroatoms. The van der Waals surface area contributed by atoms with Crippen molar-refractivity contribution < 1.29 is 4.42 Å². The number of nitrogens with zero attached hydrogens (tertiary/aromatic N) is 1. The second-order valence-corrected chi connectivity index (χ2v) is 2.96. The third kappa shape index (κ3) is 1.99. The molecule has 1 aliphatic rings. The van der Waals surface area contributed by atoms with Crippen molar-refractivity contribution in [2.24, 2.45) is 0 Å². The van der Waals surface area contributed by atoms with Crippen molar-refractivity contribution in [3.63, 3.8) is 0 Å². The van der Waals surface area contributed by atoms with Crippen LogP contribution in [0.2, 0.25) is 0 Å². The lowest BCUT2D eigenvalue weighted by Crippen LogP contribution is -2.28. The van der Waals surface area contributed by atoms with Gasteiger partial charge in [0, 0.05) is 12.5 Å². The van der Waals surface area contributed by atoms with Gasteiger partial charge in [0.25, 0.3) is 0 Å². The van der Waals surface area contributed by atoms with Crippen LogP contribution < -0.4 is 5.32 Å². The Morgan fingerprint density at radius 2 is 2.50 bits per heavy atom. The van der Waals surface area contributed by atoms with E-state index in [4.69, 9.17) is 4.42 Å². The maximum absolute atomic E-state index is 4.93. The molecular weight excluding hydrogens is 176 g/mol. The van der Waals surface area contributed by atoms with E-state index in [0.717, 1.165) is 18.8 Å². The Labute approximate surface area is 78.0 Å². The second-order valence-electron chi connectivity index (χ2n) is 2.96. The number of aromatic nitrogens is 1. The van der Waals surface area contributed by atoms with Gasteiger partial charge in [0.05, 0.1) is 5.69 Å². The van der Waals surface area contributed by atoms with E-state index < -0.39 is 0 Å². The van der Waals surface area contributed by atoms with Crippen LogP contribution in [0.1, 0.15) is 24.5 Å². The van der Waals surface area contributed by atoms with Crippen LogP contribution in [0.4, 0.5) is 0 Å². The summed E-state index contributed by atoms with van der Waals surface area (Å²) in [4.78, 5) is 4.13. The fourth-order valence-corrected chi connectivity index (χ4v) is 1.53. The van der Waals surface area contributed by atoms with Crippen molar-refractivity contribution in [2.45, 2.75) is 18.8 Å². The highest BCUT2D eigenvalue weighted by molar-refractivity contribution is 5.85. The molecule has 1 N–H and O–H groups in total. The summed E-state index contributed by atoms with van der Waals surface area (Å²) < 4.78 is 4.93. The number of oxazole rings is 1. The van der Waals surface area contributed by atoms with Crippen molar-refractivity contribution in [1.82, 2.24) is 10.3 Å². The van der Waals surface area contributed by atoms with Crippen LogP contribution in [0.5, 0.6) is 0 Å². The van der Waals surface area contributed by atoms with Gasteiger partial charge in [-0.05, 0) is 19.4 Å². The van der Waals surface area contributed by atoms with Gasteiger partial charge in [-0.2, -0.15) is 0 Å². The Hall–Kier alpha value is -0.540. The van der Waals surface area contributed by atoms with E-state index in [0.29, 0.717) is 5.92 Å². The summed E-state index contributed by atoms with van der Waals surface area (Å²) >= 11 is 0. The molecule has 3 nitrogen and oxygen atoms in total. The molecule has 1 aromatic heterocycles. The van der Waals surface area contributed by atoms with Gasteiger partial charge in [-0.15, -0.1) is 12.4 Å². The van der Waals surface area contributed by atoms with E-state index in [-0.39, 0.29) is 12.4 Å². The molecular formula is C8H13ClN2O. The van der Waals surface area contributed by atoms with Gasteiger partial charge in [-0.3, -0.25) is 0 Å². The van der Waals surface area contributed by atoms with Crippen molar-refractivity contribution in [3.8, 4) is 0 Å². The Morgan fingerprint density at radius 1 is 1.58 bits per heavy atom. The van der Waals surface area contributed by atoms with Crippen LogP contribution in [-0.4, -0.2) is 18.1 Å². The fourth-order valence-electron chi connectivity index (χ4n) is 1.53. The molecule has 1 saturated heterocycles. The predicted molar refractivity (Wildman–Crippen MR) is 48.6 cm³/mol. The summed E-state index contributed by atoms with van der Waals surface area (Å²) in [5, 5.41) is 3.34. The number of rotatable bonds is 1. The van der Waals surface area contributed by atoms with Gasteiger partial charge in [-0.25, -0.2) is 4.98 Å². The molecule has 1 fully saturated rings. The molecule has 0 bridgehead atoms. The van der Waals surface area contributed by atoms with Crippen molar-refractivity contribution in [1.29, 1.82) is 0 Å². The second kappa shape index (κ2) is 4.48. The number of halogens is 1. The zero-order valence-electron chi connectivity index (χ0n) is 6.82. The van der Waals surface area contributed by atoms with Crippen LogP contribution in [0, 0.1) is 0 Å². The molecule has 0 saturated carbocycles. The van der Waals surface area contributed by atoms with Gasteiger partial charge in [0.2, 0.25) is 0 Å². The Kier molecular flexibility index (Phi) is 3.56. The van der Waals surface area contributed by atoms with Crippen LogP contribution in [-0.2, 0) is 0 Å². The minimum Gasteiger partial charge on any atom is -0.451 e. The summed E-state index contributed by atoms with van der Waals surface area (Å²) in [5.41, 5.74) is 1.09. The van der Waals surface area contributed by atoms with E-state index in [1.807, 2.05) is 0 Å². The fraction of sp³-hybridized carbons (Fsp3) is 0.625. The number of nitrogens with one attached hydrogen (secondary N) is 1. The third-order valence-corrected chi connectivity index (χ3v) is 2.17. The molecule has 0 aliphatic carbocycles. The Morgan fingerprint density at radius 3 is 3.08 bits per heavy atom. The van der Waals surface area contributed by atoms with E-state index in [1.54, 1.807) is 6.26 Å². The number of hydrogen-bond acceptors (Lipinski definition) is 3. The normalized spacial score (nSPS) is 23.2. The molecule has 12 heavy (non-hydrogen) atoms. The molecule has 2 rings (SSSR count). The first kappa shape index (κ1) is 9.55. The standard InChI is InChI=1S/C8H12N2O.ClH/c1-2-7(4-9-3-1)8-5-11-6-10-8;/h5-7,9H,1-4H2;1H/t7-;/m0./s1. The Bertz CT molecular complexity index is 207. The molecule has 68 valence electrons. The van der Waals surface area contributed by atoms with Crippen LogP contribution in [0.15, 0.2) is 17.1 Å². The monoisotopic (exact) mass is 188 g/mol. The predicted octanol–water partition coefficient (Wildman–Crippen LogP) is 1.56. The summed E-state index contributed by atoms with van der Waals surface area (Å²) in [6.45, 7) is 2.20. The summed E-state index contributed by atoms with van der Waals surface area (Å²) in [6.07, 6.45) is 5.73. The van der Waals surface area contributed by atoms with Crippen molar-refractivity contribution in [3.05, 3.63) is 18.4 Å². The quantitative estimate of drug-likeness (QED) is 0.727. The van der Waals surface area contributed by atoms with Gasteiger partial charge in [0.1, 0.15) is 6.26 Å². The minimum atomic E-state index is 0.